The number of amides is 1. The number of halogens is 1. The van der Waals surface area contributed by atoms with E-state index in [0.717, 1.165) is 24.5 Å². The van der Waals surface area contributed by atoms with Gasteiger partial charge in [0, 0.05) is 37.1 Å². The van der Waals surface area contributed by atoms with Crippen molar-refractivity contribution >= 4 is 40.8 Å². The monoisotopic (exact) mass is 444 g/mol. The summed E-state index contributed by atoms with van der Waals surface area (Å²) in [4.78, 5) is 18.6. The van der Waals surface area contributed by atoms with E-state index in [4.69, 9.17) is 11.6 Å². The van der Waals surface area contributed by atoms with Crippen LogP contribution in [0.5, 0.6) is 0 Å². The largest absolute Gasteiger partial charge is 0.372 e. The Morgan fingerprint density at radius 1 is 1.10 bits per heavy atom. The van der Waals surface area contributed by atoms with Gasteiger partial charge in [0.05, 0.1) is 10.8 Å². The maximum absolute atomic E-state index is 12.2. The first-order chi connectivity index (χ1) is 14.5. The van der Waals surface area contributed by atoms with Crippen LogP contribution in [0.15, 0.2) is 47.8 Å². The average molecular weight is 445 g/mol. The zero-order chi connectivity index (χ0) is 21.5. The van der Waals surface area contributed by atoms with Crippen molar-refractivity contribution in [2.24, 2.45) is 0 Å². The molecule has 0 aliphatic rings. The third-order valence-electron chi connectivity index (χ3n) is 4.61. The highest BCUT2D eigenvalue weighted by molar-refractivity contribution is 7.99. The molecule has 2 aromatic heterocycles. The summed E-state index contributed by atoms with van der Waals surface area (Å²) in [5.41, 5.74) is 2.19. The van der Waals surface area contributed by atoms with Crippen LogP contribution < -0.4 is 10.2 Å². The minimum Gasteiger partial charge on any atom is -0.372 e. The zero-order valence-corrected chi connectivity index (χ0v) is 18.9. The van der Waals surface area contributed by atoms with Gasteiger partial charge in [0.1, 0.15) is 5.82 Å². The normalized spacial score (nSPS) is 10.8. The molecular weight excluding hydrogens is 420 g/mol. The molecule has 2 heterocycles. The van der Waals surface area contributed by atoms with E-state index in [9.17, 15) is 4.79 Å². The van der Waals surface area contributed by atoms with Crippen molar-refractivity contribution in [2.75, 3.05) is 29.1 Å². The number of hydrogen-bond donors (Lipinski definition) is 1. The number of rotatable bonds is 9. The van der Waals surface area contributed by atoms with E-state index >= 15 is 0 Å². The van der Waals surface area contributed by atoms with Crippen LogP contribution >= 0.6 is 23.4 Å². The van der Waals surface area contributed by atoms with Gasteiger partial charge in [-0.25, -0.2) is 4.98 Å². The first-order valence-electron chi connectivity index (χ1n) is 9.88. The number of anilines is 2. The van der Waals surface area contributed by atoms with Gasteiger partial charge in [0.15, 0.2) is 11.0 Å². The van der Waals surface area contributed by atoms with Gasteiger partial charge in [0.25, 0.3) is 0 Å². The predicted molar refractivity (Wildman–Crippen MR) is 123 cm³/mol. The molecule has 3 rings (SSSR count). The Morgan fingerprint density at radius 3 is 2.43 bits per heavy atom. The summed E-state index contributed by atoms with van der Waals surface area (Å²) in [6.45, 7) is 8.98. The van der Waals surface area contributed by atoms with Crippen LogP contribution in [-0.4, -0.2) is 44.5 Å². The number of thioether (sulfide) groups is 1. The molecular formula is C21H25ClN6OS. The van der Waals surface area contributed by atoms with Crippen molar-refractivity contribution in [3.63, 3.8) is 0 Å². The van der Waals surface area contributed by atoms with Gasteiger partial charge < -0.3 is 14.8 Å². The van der Waals surface area contributed by atoms with Gasteiger partial charge in [-0.1, -0.05) is 23.4 Å². The Kier molecular flexibility index (Phi) is 7.70. The number of carbonyl (C=O) groups excluding carboxylic acids is 1. The van der Waals surface area contributed by atoms with E-state index in [2.05, 4.69) is 63.5 Å². The standard InChI is InChI=1S/C21H25ClN6OS/c1-4-27(5-2)17-10-7-15(8-11-17)20-25-26-21(28(20)6-3)30-14-19(29)24-18-12-9-16(22)13-23-18/h7-13H,4-6,14H2,1-3H3,(H,23,24,29). The molecule has 0 spiro atoms. The number of hydrogen-bond acceptors (Lipinski definition) is 6. The lowest BCUT2D eigenvalue weighted by Crippen LogP contribution is -2.21. The predicted octanol–water partition coefficient (Wildman–Crippen LogP) is 4.59. The first-order valence-corrected chi connectivity index (χ1v) is 11.2. The lowest BCUT2D eigenvalue weighted by atomic mass is 10.2. The molecule has 0 atom stereocenters. The Hall–Kier alpha value is -2.58. The molecule has 9 heteroatoms. The second-order valence-electron chi connectivity index (χ2n) is 6.47. The van der Waals surface area contributed by atoms with E-state index in [-0.39, 0.29) is 11.7 Å². The number of benzene rings is 1. The highest BCUT2D eigenvalue weighted by Gasteiger charge is 2.15. The molecule has 158 valence electrons. The molecule has 0 saturated heterocycles. The number of nitrogens with zero attached hydrogens (tertiary/aromatic N) is 5. The molecule has 1 aromatic carbocycles. The zero-order valence-electron chi connectivity index (χ0n) is 17.3. The summed E-state index contributed by atoms with van der Waals surface area (Å²) < 4.78 is 2.02. The smallest absolute Gasteiger partial charge is 0.236 e. The second kappa shape index (κ2) is 10.4. The van der Waals surface area contributed by atoms with Crippen molar-refractivity contribution in [1.29, 1.82) is 0 Å². The van der Waals surface area contributed by atoms with Gasteiger partial charge in [-0.3, -0.25) is 4.79 Å². The number of carbonyl (C=O) groups is 1. The van der Waals surface area contributed by atoms with Crippen LogP contribution in [-0.2, 0) is 11.3 Å². The topological polar surface area (TPSA) is 75.9 Å². The van der Waals surface area contributed by atoms with Crippen molar-refractivity contribution in [3.8, 4) is 11.4 Å². The van der Waals surface area contributed by atoms with Crippen LogP contribution in [0.2, 0.25) is 5.02 Å². The number of nitrogens with one attached hydrogen (secondary N) is 1. The molecule has 1 N–H and O–H groups in total. The Morgan fingerprint density at radius 2 is 1.83 bits per heavy atom. The molecule has 0 bridgehead atoms. The minimum absolute atomic E-state index is 0.161. The Labute approximate surface area is 185 Å². The Bertz CT molecular complexity index is 970. The fourth-order valence-corrected chi connectivity index (χ4v) is 3.98. The first kappa shape index (κ1) is 22.1. The van der Waals surface area contributed by atoms with Crippen LogP contribution in [0.3, 0.4) is 0 Å². The van der Waals surface area contributed by atoms with Gasteiger partial charge in [-0.2, -0.15) is 0 Å². The summed E-state index contributed by atoms with van der Waals surface area (Å²) in [7, 11) is 0. The number of pyridine rings is 1. The van der Waals surface area contributed by atoms with Crippen molar-refractivity contribution in [3.05, 3.63) is 47.6 Å². The highest BCUT2D eigenvalue weighted by atomic mass is 35.5. The van der Waals surface area contributed by atoms with Gasteiger partial charge in [0.2, 0.25) is 5.91 Å². The molecule has 30 heavy (non-hydrogen) atoms. The summed E-state index contributed by atoms with van der Waals surface area (Å²) in [6.07, 6.45) is 1.50. The summed E-state index contributed by atoms with van der Waals surface area (Å²) in [5, 5.41) is 12.6. The summed E-state index contributed by atoms with van der Waals surface area (Å²) in [5.74, 6) is 1.32. The molecule has 0 aliphatic carbocycles. The number of aromatic nitrogens is 4. The maximum atomic E-state index is 12.2. The van der Waals surface area contributed by atoms with Crippen LogP contribution in [0.4, 0.5) is 11.5 Å². The van der Waals surface area contributed by atoms with E-state index in [1.807, 2.05) is 11.5 Å². The van der Waals surface area contributed by atoms with Crippen LogP contribution in [0.1, 0.15) is 20.8 Å². The van der Waals surface area contributed by atoms with Crippen molar-refractivity contribution < 1.29 is 4.79 Å². The third-order valence-corrected chi connectivity index (χ3v) is 5.80. The van der Waals surface area contributed by atoms with E-state index in [0.29, 0.717) is 22.5 Å². The average Bonchev–Trinajstić information content (AvgIpc) is 3.18. The maximum Gasteiger partial charge on any atom is 0.236 e. The molecule has 0 unspecified atom stereocenters. The lowest BCUT2D eigenvalue weighted by Gasteiger charge is -2.21. The van der Waals surface area contributed by atoms with Crippen molar-refractivity contribution in [2.45, 2.75) is 32.5 Å². The second-order valence-corrected chi connectivity index (χ2v) is 7.85. The third kappa shape index (κ3) is 5.31. The van der Waals surface area contributed by atoms with Crippen LogP contribution in [0, 0.1) is 0 Å². The Balaban J connectivity index is 1.68. The van der Waals surface area contributed by atoms with E-state index < -0.39 is 0 Å². The molecule has 0 aliphatic heterocycles. The van der Waals surface area contributed by atoms with Crippen molar-refractivity contribution in [1.82, 2.24) is 19.7 Å². The highest BCUT2D eigenvalue weighted by Crippen LogP contribution is 2.26. The molecule has 0 radical (unpaired) electrons. The molecule has 0 fully saturated rings. The van der Waals surface area contributed by atoms with Gasteiger partial charge in [-0.15, -0.1) is 10.2 Å². The quantitative estimate of drug-likeness (QED) is 0.486. The molecule has 3 aromatic rings. The van der Waals surface area contributed by atoms with Crippen LogP contribution in [0.25, 0.3) is 11.4 Å². The molecule has 1 amide bonds. The van der Waals surface area contributed by atoms with Gasteiger partial charge >= 0.3 is 0 Å². The van der Waals surface area contributed by atoms with E-state index in [1.54, 1.807) is 12.1 Å². The molecule has 7 nitrogen and oxygen atoms in total. The lowest BCUT2D eigenvalue weighted by molar-refractivity contribution is -0.113. The minimum atomic E-state index is -0.161. The SMILES string of the molecule is CCN(CC)c1ccc(-c2nnc(SCC(=O)Nc3ccc(Cl)cn3)n2CC)cc1. The summed E-state index contributed by atoms with van der Waals surface area (Å²) >= 11 is 7.16. The van der Waals surface area contributed by atoms with E-state index in [1.165, 1.54) is 23.6 Å². The molecule has 0 saturated carbocycles. The fraction of sp³-hybridized carbons (Fsp3) is 0.333. The fourth-order valence-electron chi connectivity index (χ4n) is 3.06. The summed E-state index contributed by atoms with van der Waals surface area (Å²) in [6, 6.07) is 11.7. The van der Waals surface area contributed by atoms with Gasteiger partial charge in [-0.05, 0) is 57.2 Å².